The van der Waals surface area contributed by atoms with E-state index in [1.54, 1.807) is 13.2 Å². The summed E-state index contributed by atoms with van der Waals surface area (Å²) in [5, 5.41) is 0. The summed E-state index contributed by atoms with van der Waals surface area (Å²) in [6.07, 6.45) is 4.90. The fraction of sp³-hybridized carbons (Fsp3) is 0.600. The molecule has 2 N–H and O–H groups in total. The number of nitrogens with two attached hydrogens (primary N) is 1. The number of hydrogen-bond acceptors (Lipinski definition) is 3. The Hall–Kier alpha value is -1.13. The van der Waals surface area contributed by atoms with E-state index in [2.05, 4.69) is 0 Å². The number of halogens is 1. The first-order valence-corrected chi connectivity index (χ1v) is 6.91. The maximum absolute atomic E-state index is 13.9. The number of benzene rings is 1. The van der Waals surface area contributed by atoms with E-state index in [1.807, 2.05) is 6.07 Å². The van der Waals surface area contributed by atoms with Crippen molar-refractivity contribution in [3.8, 4) is 5.75 Å². The van der Waals surface area contributed by atoms with E-state index in [9.17, 15) is 4.39 Å². The Balaban J connectivity index is 1.98. The maximum Gasteiger partial charge on any atom is 0.165 e. The molecule has 4 heteroatoms. The maximum atomic E-state index is 13.9. The third kappa shape index (κ3) is 3.91. The van der Waals surface area contributed by atoms with Gasteiger partial charge in [0.15, 0.2) is 11.6 Å². The average molecular weight is 267 g/mol. The molecule has 1 aromatic rings. The first-order valence-electron chi connectivity index (χ1n) is 6.91. The molecule has 2 atom stereocenters. The molecule has 2 unspecified atom stereocenters. The van der Waals surface area contributed by atoms with Gasteiger partial charge in [-0.25, -0.2) is 4.39 Å². The molecule has 1 aliphatic carbocycles. The van der Waals surface area contributed by atoms with Crippen molar-refractivity contribution < 1.29 is 13.9 Å². The van der Waals surface area contributed by atoms with Crippen LogP contribution < -0.4 is 10.5 Å². The molecule has 1 saturated carbocycles. The van der Waals surface area contributed by atoms with E-state index >= 15 is 0 Å². The van der Waals surface area contributed by atoms with Crippen LogP contribution in [0.15, 0.2) is 18.2 Å². The van der Waals surface area contributed by atoms with Crippen molar-refractivity contribution in [1.82, 2.24) is 0 Å². The second-order valence-electron chi connectivity index (χ2n) is 5.07. The van der Waals surface area contributed by atoms with Gasteiger partial charge in [-0.15, -0.1) is 0 Å². The lowest BCUT2D eigenvalue weighted by Crippen LogP contribution is -2.29. The number of rotatable bonds is 5. The van der Waals surface area contributed by atoms with Crippen LogP contribution in [0, 0.1) is 5.82 Å². The number of hydrogen-bond donors (Lipinski definition) is 1. The van der Waals surface area contributed by atoms with Crippen LogP contribution in [0.2, 0.25) is 0 Å². The van der Waals surface area contributed by atoms with Crippen molar-refractivity contribution in [3.05, 3.63) is 29.6 Å². The zero-order chi connectivity index (χ0) is 13.7. The Morgan fingerprint density at radius 2 is 2.11 bits per heavy atom. The summed E-state index contributed by atoms with van der Waals surface area (Å²) < 4.78 is 25.0. The SMILES string of the molecule is COC1CCCC(Oc2ccc(CCN)cc2F)C1. The van der Waals surface area contributed by atoms with Gasteiger partial charge in [-0.3, -0.25) is 0 Å². The van der Waals surface area contributed by atoms with Crippen LogP contribution in [0.4, 0.5) is 4.39 Å². The minimum atomic E-state index is -0.300. The molecule has 1 aliphatic rings. The highest BCUT2D eigenvalue weighted by molar-refractivity contribution is 5.29. The predicted octanol–water partition coefficient (Wildman–Crippen LogP) is 2.66. The van der Waals surface area contributed by atoms with E-state index in [1.165, 1.54) is 6.07 Å². The van der Waals surface area contributed by atoms with Gasteiger partial charge in [-0.05, 0) is 49.9 Å². The molecule has 0 aromatic heterocycles. The van der Waals surface area contributed by atoms with Crippen molar-refractivity contribution in [2.45, 2.75) is 44.3 Å². The summed E-state index contributed by atoms with van der Waals surface area (Å²) in [5.74, 6) is 0.0352. The van der Waals surface area contributed by atoms with Crippen molar-refractivity contribution in [3.63, 3.8) is 0 Å². The minimum absolute atomic E-state index is 0.0496. The fourth-order valence-corrected chi connectivity index (χ4v) is 2.56. The van der Waals surface area contributed by atoms with E-state index in [4.69, 9.17) is 15.2 Å². The van der Waals surface area contributed by atoms with Crippen molar-refractivity contribution in [2.24, 2.45) is 5.73 Å². The third-order valence-electron chi connectivity index (χ3n) is 3.63. The zero-order valence-corrected chi connectivity index (χ0v) is 11.4. The Kier molecular flexibility index (Phi) is 5.16. The fourth-order valence-electron chi connectivity index (χ4n) is 2.56. The standard InChI is InChI=1S/C15H22FNO2/c1-18-12-3-2-4-13(10-12)19-15-6-5-11(7-8-17)9-14(15)16/h5-6,9,12-13H,2-4,7-8,10,17H2,1H3. The summed E-state index contributed by atoms with van der Waals surface area (Å²) in [6.45, 7) is 0.526. The van der Waals surface area contributed by atoms with E-state index in [-0.39, 0.29) is 18.0 Å². The molecule has 0 aliphatic heterocycles. The lowest BCUT2D eigenvalue weighted by Gasteiger charge is -2.28. The molecule has 2 rings (SSSR count). The van der Waals surface area contributed by atoms with Gasteiger partial charge in [-0.1, -0.05) is 6.07 Å². The number of ether oxygens (including phenoxy) is 2. The quantitative estimate of drug-likeness (QED) is 0.892. The van der Waals surface area contributed by atoms with Crippen LogP contribution in [-0.4, -0.2) is 25.9 Å². The molecule has 0 radical (unpaired) electrons. The van der Waals surface area contributed by atoms with Crippen LogP contribution in [-0.2, 0) is 11.2 Å². The van der Waals surface area contributed by atoms with Crippen molar-refractivity contribution in [2.75, 3.05) is 13.7 Å². The van der Waals surface area contributed by atoms with Gasteiger partial charge < -0.3 is 15.2 Å². The predicted molar refractivity (Wildman–Crippen MR) is 72.8 cm³/mol. The Morgan fingerprint density at radius 1 is 1.32 bits per heavy atom. The topological polar surface area (TPSA) is 44.5 Å². The number of methoxy groups -OCH3 is 1. The molecule has 1 fully saturated rings. The highest BCUT2D eigenvalue weighted by Gasteiger charge is 2.23. The highest BCUT2D eigenvalue weighted by atomic mass is 19.1. The summed E-state index contributed by atoms with van der Waals surface area (Å²) >= 11 is 0. The van der Waals surface area contributed by atoms with Gasteiger partial charge in [0.2, 0.25) is 0 Å². The molecule has 0 bridgehead atoms. The Labute approximate surface area is 113 Å². The Morgan fingerprint density at radius 3 is 2.79 bits per heavy atom. The van der Waals surface area contributed by atoms with E-state index in [0.717, 1.165) is 31.2 Å². The smallest absolute Gasteiger partial charge is 0.165 e. The summed E-state index contributed by atoms with van der Waals surface area (Å²) in [6, 6.07) is 5.09. The van der Waals surface area contributed by atoms with Crippen molar-refractivity contribution >= 4 is 0 Å². The molecular weight excluding hydrogens is 245 g/mol. The molecule has 3 nitrogen and oxygen atoms in total. The lowest BCUT2D eigenvalue weighted by molar-refractivity contribution is 0.0197. The van der Waals surface area contributed by atoms with Crippen LogP contribution in [0.5, 0.6) is 5.75 Å². The van der Waals surface area contributed by atoms with E-state index < -0.39 is 0 Å². The minimum Gasteiger partial charge on any atom is -0.487 e. The molecule has 0 saturated heterocycles. The average Bonchev–Trinajstić information content (AvgIpc) is 2.42. The van der Waals surface area contributed by atoms with Gasteiger partial charge >= 0.3 is 0 Å². The summed E-state index contributed by atoms with van der Waals surface area (Å²) in [4.78, 5) is 0. The van der Waals surface area contributed by atoms with Crippen LogP contribution in [0.3, 0.4) is 0 Å². The Bertz CT molecular complexity index is 411. The van der Waals surface area contributed by atoms with Gasteiger partial charge in [0.1, 0.15) is 6.10 Å². The van der Waals surface area contributed by atoms with Gasteiger partial charge in [0, 0.05) is 13.5 Å². The second kappa shape index (κ2) is 6.87. The van der Waals surface area contributed by atoms with Crippen LogP contribution >= 0.6 is 0 Å². The molecular formula is C15H22FNO2. The largest absolute Gasteiger partial charge is 0.487 e. The van der Waals surface area contributed by atoms with Gasteiger partial charge in [0.05, 0.1) is 6.10 Å². The zero-order valence-electron chi connectivity index (χ0n) is 11.4. The first-order chi connectivity index (χ1) is 9.22. The van der Waals surface area contributed by atoms with Crippen LogP contribution in [0.25, 0.3) is 0 Å². The van der Waals surface area contributed by atoms with Gasteiger partial charge in [-0.2, -0.15) is 0 Å². The highest BCUT2D eigenvalue weighted by Crippen LogP contribution is 2.27. The molecule has 106 valence electrons. The monoisotopic (exact) mass is 267 g/mol. The molecule has 0 amide bonds. The molecule has 19 heavy (non-hydrogen) atoms. The van der Waals surface area contributed by atoms with Gasteiger partial charge in [0.25, 0.3) is 0 Å². The second-order valence-corrected chi connectivity index (χ2v) is 5.07. The molecule has 0 heterocycles. The summed E-state index contributed by atoms with van der Waals surface area (Å²) in [5.41, 5.74) is 6.37. The first kappa shape index (κ1) is 14.3. The van der Waals surface area contributed by atoms with E-state index in [0.29, 0.717) is 18.7 Å². The lowest BCUT2D eigenvalue weighted by atomic mass is 9.95. The van der Waals surface area contributed by atoms with Crippen molar-refractivity contribution in [1.29, 1.82) is 0 Å². The summed E-state index contributed by atoms with van der Waals surface area (Å²) in [7, 11) is 1.72. The molecule has 0 spiro atoms. The normalized spacial score (nSPS) is 23.3. The van der Waals surface area contributed by atoms with Crippen LogP contribution in [0.1, 0.15) is 31.2 Å². The third-order valence-corrected chi connectivity index (χ3v) is 3.63. The molecule has 1 aromatic carbocycles.